The van der Waals surface area contributed by atoms with Gasteiger partial charge in [-0.1, -0.05) is 0 Å². The molecule has 26 heavy (non-hydrogen) atoms. The van der Waals surface area contributed by atoms with Crippen LogP contribution in [0.3, 0.4) is 0 Å². The summed E-state index contributed by atoms with van der Waals surface area (Å²) in [6, 6.07) is 1.08. The average Bonchev–Trinajstić information content (AvgIpc) is 3.08. The number of carboxylic acid groups (broad SMARTS) is 1. The number of piperidine rings is 1. The maximum Gasteiger partial charge on any atom is 0.406 e. The number of furan rings is 1. The molecular weight excluding hydrogens is 357 g/mol. The van der Waals surface area contributed by atoms with Crippen LogP contribution < -0.4 is 0 Å². The minimum absolute atomic E-state index is 0.0326. The number of carbonyl (C=O) groups excluding carboxylic acids is 2. The first-order chi connectivity index (χ1) is 12.1. The molecule has 144 valence electrons. The summed E-state index contributed by atoms with van der Waals surface area (Å²) in [5.41, 5.74) is -0.180. The summed E-state index contributed by atoms with van der Waals surface area (Å²) in [6.45, 7) is 0.341. The molecule has 1 aromatic heterocycles. The molecule has 1 saturated heterocycles. The van der Waals surface area contributed by atoms with Gasteiger partial charge in [-0.2, -0.15) is 13.2 Å². The van der Waals surface area contributed by atoms with E-state index in [0.717, 1.165) is 17.2 Å². The maximum absolute atomic E-state index is 12.6. The van der Waals surface area contributed by atoms with Crippen LogP contribution in [0.25, 0.3) is 0 Å². The molecule has 2 amide bonds. The normalized spacial score (nSPS) is 17.8. The molecule has 0 radical (unpaired) electrons. The molecule has 0 aliphatic carbocycles. The Kier molecular flexibility index (Phi) is 5.94. The van der Waals surface area contributed by atoms with E-state index in [2.05, 4.69) is 0 Å². The number of carboxylic acids is 1. The molecular formula is C16H19F3N2O5. The topological polar surface area (TPSA) is 91.1 Å². The second-order valence-electron chi connectivity index (χ2n) is 6.06. The van der Waals surface area contributed by atoms with Crippen LogP contribution in [0, 0.1) is 5.92 Å². The van der Waals surface area contributed by atoms with Crippen molar-refractivity contribution in [2.75, 3.05) is 26.2 Å². The number of likely N-dealkylation sites (tertiary alicyclic amines) is 1. The van der Waals surface area contributed by atoms with Crippen molar-refractivity contribution in [1.82, 2.24) is 9.80 Å². The fraction of sp³-hybridized carbons (Fsp3) is 0.562. The minimum atomic E-state index is -4.49. The van der Waals surface area contributed by atoms with E-state index < -0.39 is 36.4 Å². The Morgan fingerprint density at radius 3 is 2.62 bits per heavy atom. The molecule has 2 rings (SSSR count). The number of aromatic carboxylic acids is 1. The largest absolute Gasteiger partial charge is 0.478 e. The number of halogens is 3. The first-order valence-electron chi connectivity index (χ1n) is 8.09. The molecule has 10 heteroatoms. The van der Waals surface area contributed by atoms with Gasteiger partial charge in [0.25, 0.3) is 5.91 Å². The molecule has 0 bridgehead atoms. The molecule has 0 spiro atoms. The quantitative estimate of drug-likeness (QED) is 0.851. The van der Waals surface area contributed by atoms with Crippen molar-refractivity contribution in [2.24, 2.45) is 5.92 Å². The van der Waals surface area contributed by atoms with E-state index >= 15 is 0 Å². The van der Waals surface area contributed by atoms with Crippen LogP contribution >= 0.6 is 0 Å². The SMILES string of the molecule is CCN(CC(F)(F)F)C(=O)C1CCCN(C(=O)c2cc(C(=O)O)co2)C1. The molecule has 1 fully saturated rings. The van der Waals surface area contributed by atoms with Crippen molar-refractivity contribution in [3.8, 4) is 0 Å². The van der Waals surface area contributed by atoms with E-state index in [1.54, 1.807) is 0 Å². The number of carbonyl (C=O) groups is 3. The summed E-state index contributed by atoms with van der Waals surface area (Å²) < 4.78 is 42.7. The van der Waals surface area contributed by atoms with Crippen molar-refractivity contribution in [3.63, 3.8) is 0 Å². The molecule has 1 aliphatic rings. The maximum atomic E-state index is 12.6. The van der Waals surface area contributed by atoms with Crippen LogP contribution in [-0.4, -0.2) is 65.0 Å². The zero-order valence-corrected chi connectivity index (χ0v) is 14.1. The van der Waals surface area contributed by atoms with E-state index in [4.69, 9.17) is 9.52 Å². The number of amides is 2. The summed E-state index contributed by atoms with van der Waals surface area (Å²) in [5, 5.41) is 8.86. The van der Waals surface area contributed by atoms with Gasteiger partial charge < -0.3 is 19.3 Å². The highest BCUT2D eigenvalue weighted by Gasteiger charge is 2.37. The Balaban J connectivity index is 2.06. The van der Waals surface area contributed by atoms with E-state index in [9.17, 15) is 27.6 Å². The van der Waals surface area contributed by atoms with E-state index in [-0.39, 0.29) is 24.4 Å². The van der Waals surface area contributed by atoms with Crippen molar-refractivity contribution in [3.05, 3.63) is 23.7 Å². The van der Waals surface area contributed by atoms with Crippen LogP contribution in [-0.2, 0) is 4.79 Å². The van der Waals surface area contributed by atoms with E-state index in [0.29, 0.717) is 19.4 Å². The summed E-state index contributed by atoms with van der Waals surface area (Å²) in [6.07, 6.45) is -2.71. The Morgan fingerprint density at radius 1 is 1.38 bits per heavy atom. The highest BCUT2D eigenvalue weighted by atomic mass is 19.4. The first-order valence-corrected chi connectivity index (χ1v) is 8.09. The number of nitrogens with zero attached hydrogens (tertiary/aromatic N) is 2. The number of hydrogen-bond donors (Lipinski definition) is 1. The Labute approximate surface area is 147 Å². The molecule has 1 aromatic rings. The third-order valence-corrected chi connectivity index (χ3v) is 4.18. The van der Waals surface area contributed by atoms with Crippen molar-refractivity contribution >= 4 is 17.8 Å². The fourth-order valence-electron chi connectivity index (χ4n) is 2.90. The fourth-order valence-corrected chi connectivity index (χ4v) is 2.90. The summed E-state index contributed by atoms with van der Waals surface area (Å²) >= 11 is 0. The van der Waals surface area contributed by atoms with Gasteiger partial charge in [-0.25, -0.2) is 4.79 Å². The first kappa shape index (κ1) is 19.8. The average molecular weight is 376 g/mol. The second kappa shape index (κ2) is 7.79. The number of rotatable bonds is 5. The second-order valence-corrected chi connectivity index (χ2v) is 6.06. The van der Waals surface area contributed by atoms with Gasteiger partial charge in [0.15, 0.2) is 5.76 Å². The van der Waals surface area contributed by atoms with Crippen molar-refractivity contribution < 1.29 is 37.1 Å². The third kappa shape index (κ3) is 4.77. The highest BCUT2D eigenvalue weighted by molar-refractivity contribution is 5.95. The van der Waals surface area contributed by atoms with Crippen LogP contribution in [0.1, 0.15) is 40.7 Å². The molecule has 1 unspecified atom stereocenters. The van der Waals surface area contributed by atoms with Crippen LogP contribution in [0.4, 0.5) is 13.2 Å². The van der Waals surface area contributed by atoms with Crippen molar-refractivity contribution in [1.29, 1.82) is 0 Å². The Bertz CT molecular complexity index is 686. The smallest absolute Gasteiger partial charge is 0.406 e. The van der Waals surface area contributed by atoms with Gasteiger partial charge >= 0.3 is 12.1 Å². The zero-order valence-electron chi connectivity index (χ0n) is 14.1. The molecule has 1 N–H and O–H groups in total. The summed E-state index contributed by atoms with van der Waals surface area (Å²) in [4.78, 5) is 37.7. The number of hydrogen-bond acceptors (Lipinski definition) is 4. The van der Waals surface area contributed by atoms with Gasteiger partial charge in [-0.3, -0.25) is 9.59 Å². The molecule has 7 nitrogen and oxygen atoms in total. The zero-order chi connectivity index (χ0) is 19.5. The summed E-state index contributed by atoms with van der Waals surface area (Å²) in [5.74, 6) is -3.39. The molecule has 1 aliphatic heterocycles. The highest BCUT2D eigenvalue weighted by Crippen LogP contribution is 2.24. The Hall–Kier alpha value is -2.52. The lowest BCUT2D eigenvalue weighted by Gasteiger charge is -2.34. The van der Waals surface area contributed by atoms with Gasteiger partial charge in [0.2, 0.25) is 5.91 Å². The molecule has 1 atom stereocenters. The van der Waals surface area contributed by atoms with Crippen LogP contribution in [0.2, 0.25) is 0 Å². The van der Waals surface area contributed by atoms with Gasteiger partial charge in [-0.15, -0.1) is 0 Å². The lowest BCUT2D eigenvalue weighted by atomic mass is 9.96. The van der Waals surface area contributed by atoms with Gasteiger partial charge in [0.05, 0.1) is 11.5 Å². The molecule has 0 saturated carbocycles. The third-order valence-electron chi connectivity index (χ3n) is 4.18. The van der Waals surface area contributed by atoms with Gasteiger partial charge in [-0.05, 0) is 19.8 Å². The van der Waals surface area contributed by atoms with Gasteiger partial charge in [0, 0.05) is 25.7 Å². The Morgan fingerprint density at radius 2 is 2.08 bits per heavy atom. The summed E-state index contributed by atoms with van der Waals surface area (Å²) in [7, 11) is 0. The van der Waals surface area contributed by atoms with Crippen LogP contribution in [0.15, 0.2) is 16.7 Å². The van der Waals surface area contributed by atoms with Crippen LogP contribution in [0.5, 0.6) is 0 Å². The van der Waals surface area contributed by atoms with E-state index in [1.165, 1.54) is 11.8 Å². The lowest BCUT2D eigenvalue weighted by molar-refractivity contribution is -0.164. The van der Waals surface area contributed by atoms with Crippen molar-refractivity contribution in [2.45, 2.75) is 25.9 Å². The lowest BCUT2D eigenvalue weighted by Crippen LogP contribution is -2.48. The monoisotopic (exact) mass is 376 g/mol. The molecule has 2 heterocycles. The predicted molar refractivity (Wildman–Crippen MR) is 82.6 cm³/mol. The van der Waals surface area contributed by atoms with Gasteiger partial charge in [0.1, 0.15) is 12.8 Å². The molecule has 0 aromatic carbocycles. The minimum Gasteiger partial charge on any atom is -0.478 e. The number of alkyl halides is 3. The standard InChI is InChI=1S/C16H19F3N2O5/c1-2-20(9-16(17,18)19)13(22)10-4-3-5-21(7-10)14(23)12-6-11(8-26-12)15(24)25/h6,8,10H,2-5,7,9H2,1H3,(H,24,25). The predicted octanol–water partition coefficient (Wildman–Crippen LogP) is 2.24. The van der Waals surface area contributed by atoms with E-state index in [1.807, 2.05) is 0 Å².